The topological polar surface area (TPSA) is 50.2 Å². The molecule has 26 heavy (non-hydrogen) atoms. The summed E-state index contributed by atoms with van der Waals surface area (Å²) in [6.07, 6.45) is 4.17. The first-order valence-corrected chi connectivity index (χ1v) is 9.06. The van der Waals surface area contributed by atoms with Crippen molar-refractivity contribution < 1.29 is 13.6 Å². The number of aromatic nitrogens is 2. The molecule has 1 aromatic carbocycles. The second-order valence-corrected chi connectivity index (χ2v) is 6.56. The highest BCUT2D eigenvalue weighted by atomic mass is 19.1. The number of nitrogens with zero attached hydrogens (tertiary/aromatic N) is 3. The molecule has 0 saturated carbocycles. The number of fused-ring (bicyclic) bond motifs is 1. The Labute approximate surface area is 152 Å². The number of hydrogen-bond acceptors (Lipinski definition) is 3. The van der Waals surface area contributed by atoms with Gasteiger partial charge in [-0.15, -0.1) is 0 Å². The van der Waals surface area contributed by atoms with E-state index in [2.05, 4.69) is 15.3 Å². The van der Waals surface area contributed by atoms with Crippen LogP contribution >= 0.6 is 0 Å². The fourth-order valence-corrected chi connectivity index (χ4v) is 3.48. The van der Waals surface area contributed by atoms with E-state index in [0.29, 0.717) is 12.2 Å². The summed E-state index contributed by atoms with van der Waals surface area (Å²) >= 11 is 0. The number of rotatable bonds is 6. The Morgan fingerprint density at radius 1 is 1.27 bits per heavy atom. The first-order valence-electron chi connectivity index (χ1n) is 9.06. The van der Waals surface area contributed by atoms with Gasteiger partial charge in [0.25, 0.3) is 0 Å². The number of amides is 1. The van der Waals surface area contributed by atoms with Gasteiger partial charge in [0, 0.05) is 17.3 Å². The zero-order valence-electron chi connectivity index (χ0n) is 15.1. The normalized spacial score (nSPS) is 16.6. The number of benzene rings is 1. The lowest BCUT2D eigenvalue weighted by Gasteiger charge is -2.26. The maximum atomic E-state index is 13.5. The number of halogens is 2. The van der Waals surface area contributed by atoms with Gasteiger partial charge >= 0.3 is 0 Å². The molecule has 3 rings (SSSR count). The molecule has 0 saturated heterocycles. The lowest BCUT2D eigenvalue weighted by molar-refractivity contribution is -0.123. The molecular weight excluding hydrogens is 338 g/mol. The van der Waals surface area contributed by atoms with Crippen molar-refractivity contribution in [1.29, 1.82) is 0 Å². The molecule has 1 N–H and O–H groups in total. The van der Waals surface area contributed by atoms with Crippen molar-refractivity contribution >= 4 is 5.91 Å². The summed E-state index contributed by atoms with van der Waals surface area (Å²) in [7, 11) is 0. The minimum absolute atomic E-state index is 0.0175. The largest absolute Gasteiger partial charge is 0.348 e. The fraction of sp³-hybridized carbons (Fsp3) is 0.474. The van der Waals surface area contributed by atoms with Gasteiger partial charge in [-0.05, 0) is 44.5 Å². The minimum Gasteiger partial charge on any atom is -0.348 e. The molecule has 1 aliphatic rings. The van der Waals surface area contributed by atoms with Crippen LogP contribution < -0.4 is 5.32 Å². The van der Waals surface area contributed by atoms with Gasteiger partial charge in [0.2, 0.25) is 5.91 Å². The molecule has 0 unspecified atom stereocenters. The van der Waals surface area contributed by atoms with Crippen molar-refractivity contribution in [3.05, 3.63) is 47.3 Å². The Bertz CT molecular complexity index is 766. The van der Waals surface area contributed by atoms with Crippen LogP contribution in [-0.4, -0.2) is 40.2 Å². The summed E-state index contributed by atoms with van der Waals surface area (Å²) in [6, 6.07) is 3.25. The van der Waals surface area contributed by atoms with Crippen molar-refractivity contribution in [3.63, 3.8) is 0 Å². The number of carbonyl (C=O) groups is 1. The van der Waals surface area contributed by atoms with Gasteiger partial charge in [-0.1, -0.05) is 13.8 Å². The molecule has 0 aliphatic heterocycles. The molecule has 0 spiro atoms. The van der Waals surface area contributed by atoms with E-state index in [9.17, 15) is 13.6 Å². The van der Waals surface area contributed by atoms with Crippen molar-refractivity contribution in [2.75, 3.05) is 19.6 Å². The van der Waals surface area contributed by atoms with E-state index in [-0.39, 0.29) is 11.9 Å². The molecule has 0 fully saturated rings. The van der Waals surface area contributed by atoms with Crippen molar-refractivity contribution in [2.45, 2.75) is 39.2 Å². The third kappa shape index (κ3) is 3.93. The van der Waals surface area contributed by atoms with Crippen LogP contribution in [0.4, 0.5) is 8.78 Å². The maximum Gasteiger partial charge on any atom is 0.234 e. The summed E-state index contributed by atoms with van der Waals surface area (Å²) in [5.74, 6) is -1.29. The molecule has 0 radical (unpaired) electrons. The third-order valence-electron chi connectivity index (χ3n) is 4.87. The smallest absolute Gasteiger partial charge is 0.234 e. The molecule has 5 nitrogen and oxygen atoms in total. The summed E-state index contributed by atoms with van der Waals surface area (Å²) < 4.78 is 28.7. The Balaban J connectivity index is 1.81. The van der Waals surface area contributed by atoms with E-state index in [0.717, 1.165) is 49.7 Å². The van der Waals surface area contributed by atoms with E-state index in [1.807, 2.05) is 13.8 Å². The van der Waals surface area contributed by atoms with Crippen molar-refractivity contribution in [2.24, 2.45) is 0 Å². The van der Waals surface area contributed by atoms with E-state index < -0.39 is 11.6 Å². The van der Waals surface area contributed by atoms with E-state index in [1.165, 1.54) is 12.1 Å². The molecule has 7 heteroatoms. The Hall–Kier alpha value is -2.28. The molecule has 1 heterocycles. The molecule has 1 atom stereocenters. The van der Waals surface area contributed by atoms with Crippen LogP contribution in [0.25, 0.3) is 5.69 Å². The summed E-state index contributed by atoms with van der Waals surface area (Å²) in [5.41, 5.74) is 2.18. The van der Waals surface area contributed by atoms with Gasteiger partial charge in [-0.25, -0.2) is 13.5 Å². The average molecular weight is 362 g/mol. The van der Waals surface area contributed by atoms with E-state index in [4.69, 9.17) is 0 Å². The monoisotopic (exact) mass is 362 g/mol. The molecule has 0 bridgehead atoms. The zero-order valence-corrected chi connectivity index (χ0v) is 15.1. The number of likely N-dealkylation sites (N-methyl/N-ethyl adjacent to an activating group) is 1. The van der Waals surface area contributed by atoms with Gasteiger partial charge in [0.1, 0.15) is 11.6 Å². The van der Waals surface area contributed by atoms with E-state index >= 15 is 0 Å². The highest BCUT2D eigenvalue weighted by Gasteiger charge is 2.26. The van der Waals surface area contributed by atoms with Crippen LogP contribution in [0, 0.1) is 11.6 Å². The van der Waals surface area contributed by atoms with Gasteiger partial charge in [0.05, 0.1) is 24.5 Å². The van der Waals surface area contributed by atoms with E-state index in [1.54, 1.807) is 10.9 Å². The lowest BCUT2D eigenvalue weighted by Crippen LogP contribution is -2.39. The maximum absolute atomic E-state index is 13.5. The van der Waals surface area contributed by atoms with Crippen LogP contribution in [0.15, 0.2) is 24.4 Å². The van der Waals surface area contributed by atoms with Gasteiger partial charge < -0.3 is 5.32 Å². The minimum atomic E-state index is -0.635. The number of hydrogen-bond donors (Lipinski definition) is 1. The highest BCUT2D eigenvalue weighted by molar-refractivity contribution is 5.78. The standard InChI is InChI=1S/C19H24F2N4O/c1-3-24(4-2)12-19(26)23-17-6-5-7-18-16(17)11-22-25(18)15-9-13(20)8-14(21)10-15/h8-11,17H,3-7,12H2,1-2H3,(H,23,26)/t17-/m1/s1. The van der Waals surface area contributed by atoms with Crippen LogP contribution in [0.5, 0.6) is 0 Å². The molecule has 1 amide bonds. The second-order valence-electron chi connectivity index (χ2n) is 6.56. The average Bonchev–Trinajstić information content (AvgIpc) is 3.04. The van der Waals surface area contributed by atoms with Gasteiger partial charge in [-0.3, -0.25) is 9.69 Å². The summed E-state index contributed by atoms with van der Waals surface area (Å²) in [4.78, 5) is 14.4. The predicted molar refractivity (Wildman–Crippen MR) is 95.1 cm³/mol. The van der Waals surface area contributed by atoms with Crippen LogP contribution in [0.1, 0.15) is 44.0 Å². The van der Waals surface area contributed by atoms with Crippen LogP contribution in [0.3, 0.4) is 0 Å². The van der Waals surface area contributed by atoms with Crippen LogP contribution in [-0.2, 0) is 11.2 Å². The highest BCUT2D eigenvalue weighted by Crippen LogP contribution is 2.31. The second kappa shape index (κ2) is 7.95. The number of carbonyl (C=O) groups excluding carboxylic acids is 1. The molecular formula is C19H24F2N4O. The van der Waals surface area contributed by atoms with Crippen molar-refractivity contribution in [1.82, 2.24) is 20.0 Å². The predicted octanol–water partition coefficient (Wildman–Crippen LogP) is 2.99. The molecule has 1 aliphatic carbocycles. The van der Waals surface area contributed by atoms with Crippen LogP contribution in [0.2, 0.25) is 0 Å². The zero-order chi connectivity index (χ0) is 18.7. The summed E-state index contributed by atoms with van der Waals surface area (Å²) in [6.45, 7) is 6.06. The molecule has 140 valence electrons. The quantitative estimate of drug-likeness (QED) is 0.860. The molecule has 2 aromatic rings. The van der Waals surface area contributed by atoms with Gasteiger partial charge in [0.15, 0.2) is 0 Å². The molecule has 1 aromatic heterocycles. The first kappa shape index (κ1) is 18.5. The van der Waals surface area contributed by atoms with Crippen molar-refractivity contribution in [3.8, 4) is 5.69 Å². The summed E-state index contributed by atoms with van der Waals surface area (Å²) in [5, 5.41) is 7.40. The third-order valence-corrected chi connectivity index (χ3v) is 4.87. The fourth-order valence-electron chi connectivity index (χ4n) is 3.48. The SMILES string of the molecule is CCN(CC)CC(=O)N[C@@H]1CCCc2c1cnn2-c1cc(F)cc(F)c1. The lowest BCUT2D eigenvalue weighted by atomic mass is 9.93. The Morgan fingerprint density at radius 2 is 1.96 bits per heavy atom. The first-order chi connectivity index (χ1) is 12.5. The Morgan fingerprint density at radius 3 is 2.62 bits per heavy atom. The van der Waals surface area contributed by atoms with Gasteiger partial charge in [-0.2, -0.15) is 5.10 Å². The Kier molecular flexibility index (Phi) is 5.66. The number of nitrogens with one attached hydrogen (secondary N) is 1.